The van der Waals surface area contributed by atoms with Crippen molar-refractivity contribution in [2.75, 3.05) is 7.11 Å². The molecule has 1 atom stereocenters. The van der Waals surface area contributed by atoms with Gasteiger partial charge in [-0.25, -0.2) is 4.79 Å². The van der Waals surface area contributed by atoms with Crippen molar-refractivity contribution < 1.29 is 19.7 Å². The molecule has 6 heteroatoms. The van der Waals surface area contributed by atoms with Crippen molar-refractivity contribution >= 4 is 18.4 Å². The highest BCUT2D eigenvalue weighted by atomic mass is 35.5. The summed E-state index contributed by atoms with van der Waals surface area (Å²) >= 11 is 0. The zero-order chi connectivity index (χ0) is 13.8. The SMILES string of the molecule is COC(=O)c1ccc(C(O)c2ccncc2O)cc1.Cl. The van der Waals surface area contributed by atoms with E-state index < -0.39 is 12.1 Å². The van der Waals surface area contributed by atoms with Gasteiger partial charge in [-0.1, -0.05) is 12.1 Å². The van der Waals surface area contributed by atoms with E-state index in [-0.39, 0.29) is 18.2 Å². The lowest BCUT2D eigenvalue weighted by Gasteiger charge is -2.12. The van der Waals surface area contributed by atoms with Crippen LogP contribution in [0, 0.1) is 0 Å². The zero-order valence-corrected chi connectivity index (χ0v) is 11.5. The number of ether oxygens (including phenoxy) is 1. The van der Waals surface area contributed by atoms with E-state index in [1.54, 1.807) is 24.3 Å². The first-order valence-electron chi connectivity index (χ1n) is 5.62. The van der Waals surface area contributed by atoms with Gasteiger partial charge in [0.25, 0.3) is 0 Å². The molecule has 106 valence electrons. The summed E-state index contributed by atoms with van der Waals surface area (Å²) in [7, 11) is 1.31. The van der Waals surface area contributed by atoms with Gasteiger partial charge in [-0.05, 0) is 23.8 Å². The summed E-state index contributed by atoms with van der Waals surface area (Å²) in [5.41, 5.74) is 1.33. The molecule has 2 rings (SSSR count). The lowest BCUT2D eigenvalue weighted by atomic mass is 10.0. The van der Waals surface area contributed by atoms with E-state index in [1.165, 1.54) is 25.6 Å². The van der Waals surface area contributed by atoms with Gasteiger partial charge in [0.15, 0.2) is 0 Å². The number of methoxy groups -OCH3 is 1. The molecule has 1 unspecified atom stereocenters. The summed E-state index contributed by atoms with van der Waals surface area (Å²) in [5, 5.41) is 19.8. The van der Waals surface area contributed by atoms with Crippen molar-refractivity contribution in [3.05, 3.63) is 59.4 Å². The normalized spacial score (nSPS) is 11.3. The summed E-state index contributed by atoms with van der Waals surface area (Å²) < 4.78 is 4.59. The number of benzene rings is 1. The molecule has 0 aliphatic rings. The van der Waals surface area contributed by atoms with Crippen molar-refractivity contribution in [1.29, 1.82) is 0 Å². The maximum atomic E-state index is 11.3. The molecular formula is C14H14ClNO4. The third-order valence-corrected chi connectivity index (χ3v) is 2.77. The molecule has 0 spiro atoms. The van der Waals surface area contributed by atoms with E-state index in [4.69, 9.17) is 0 Å². The molecule has 0 saturated heterocycles. The zero-order valence-electron chi connectivity index (χ0n) is 10.7. The molecule has 0 bridgehead atoms. The number of aliphatic hydroxyl groups excluding tert-OH is 1. The van der Waals surface area contributed by atoms with Gasteiger partial charge < -0.3 is 14.9 Å². The fourth-order valence-electron chi connectivity index (χ4n) is 1.73. The first-order valence-corrected chi connectivity index (χ1v) is 5.62. The van der Waals surface area contributed by atoms with Crippen molar-refractivity contribution in [1.82, 2.24) is 4.98 Å². The van der Waals surface area contributed by atoms with Gasteiger partial charge in [0.2, 0.25) is 0 Å². The van der Waals surface area contributed by atoms with Crippen LogP contribution in [0.1, 0.15) is 27.6 Å². The van der Waals surface area contributed by atoms with Crippen molar-refractivity contribution in [3.63, 3.8) is 0 Å². The highest BCUT2D eigenvalue weighted by molar-refractivity contribution is 5.89. The van der Waals surface area contributed by atoms with Gasteiger partial charge in [-0.3, -0.25) is 4.98 Å². The molecule has 0 aliphatic carbocycles. The second kappa shape index (κ2) is 6.88. The number of hydrogen-bond donors (Lipinski definition) is 2. The fraction of sp³-hybridized carbons (Fsp3) is 0.143. The smallest absolute Gasteiger partial charge is 0.337 e. The minimum atomic E-state index is -0.977. The Morgan fingerprint density at radius 1 is 1.25 bits per heavy atom. The van der Waals surface area contributed by atoms with Gasteiger partial charge in [0.05, 0.1) is 18.9 Å². The highest BCUT2D eigenvalue weighted by Crippen LogP contribution is 2.28. The number of aromatic nitrogens is 1. The first kappa shape index (κ1) is 15.9. The molecule has 20 heavy (non-hydrogen) atoms. The Morgan fingerprint density at radius 3 is 2.45 bits per heavy atom. The van der Waals surface area contributed by atoms with Crippen LogP contribution in [0.5, 0.6) is 5.75 Å². The van der Waals surface area contributed by atoms with E-state index in [2.05, 4.69) is 9.72 Å². The maximum absolute atomic E-state index is 11.3. The molecule has 2 N–H and O–H groups in total. The lowest BCUT2D eigenvalue weighted by molar-refractivity contribution is 0.0600. The minimum absolute atomic E-state index is 0. The van der Waals surface area contributed by atoms with Crippen LogP contribution in [-0.2, 0) is 4.74 Å². The number of carbonyl (C=O) groups is 1. The summed E-state index contributed by atoms with van der Waals surface area (Å²) in [6.45, 7) is 0. The average molecular weight is 296 g/mol. The van der Waals surface area contributed by atoms with Gasteiger partial charge in [0.1, 0.15) is 11.9 Å². The molecule has 1 heterocycles. The summed E-state index contributed by atoms with van der Waals surface area (Å²) in [4.78, 5) is 15.0. The first-order chi connectivity index (χ1) is 9.13. The summed E-state index contributed by atoms with van der Waals surface area (Å²) in [6, 6.07) is 7.87. The van der Waals surface area contributed by atoms with Crippen molar-refractivity contribution in [2.45, 2.75) is 6.10 Å². The van der Waals surface area contributed by atoms with Crippen LogP contribution in [0.15, 0.2) is 42.7 Å². The van der Waals surface area contributed by atoms with Crippen LogP contribution in [0.4, 0.5) is 0 Å². The number of nitrogens with zero attached hydrogens (tertiary/aromatic N) is 1. The van der Waals surface area contributed by atoms with Gasteiger partial charge in [-0.2, -0.15) is 0 Å². The quantitative estimate of drug-likeness (QED) is 0.848. The van der Waals surface area contributed by atoms with E-state index in [0.717, 1.165) is 0 Å². The van der Waals surface area contributed by atoms with Crippen LogP contribution in [0.3, 0.4) is 0 Å². The molecule has 1 aromatic carbocycles. The monoisotopic (exact) mass is 295 g/mol. The Labute approximate surface area is 122 Å². The molecule has 0 saturated carbocycles. The molecule has 0 amide bonds. The largest absolute Gasteiger partial charge is 0.506 e. The third-order valence-electron chi connectivity index (χ3n) is 2.77. The van der Waals surface area contributed by atoms with E-state index >= 15 is 0 Å². The van der Waals surface area contributed by atoms with Gasteiger partial charge in [-0.15, -0.1) is 12.4 Å². The Hall–Kier alpha value is -2.11. The number of halogens is 1. The lowest BCUT2D eigenvalue weighted by Crippen LogP contribution is -2.03. The molecule has 2 aromatic rings. The molecule has 5 nitrogen and oxygen atoms in total. The summed E-state index contributed by atoms with van der Waals surface area (Å²) in [5.74, 6) is -0.514. The Kier molecular flexibility index (Phi) is 5.49. The molecule has 0 fully saturated rings. The fourth-order valence-corrected chi connectivity index (χ4v) is 1.73. The second-order valence-electron chi connectivity index (χ2n) is 3.95. The Morgan fingerprint density at radius 2 is 1.90 bits per heavy atom. The molecular weight excluding hydrogens is 282 g/mol. The van der Waals surface area contributed by atoms with Crippen LogP contribution in [0.25, 0.3) is 0 Å². The van der Waals surface area contributed by atoms with Crippen molar-refractivity contribution in [2.24, 2.45) is 0 Å². The number of carbonyl (C=O) groups excluding carboxylic acids is 1. The van der Waals surface area contributed by atoms with E-state index in [9.17, 15) is 15.0 Å². The predicted octanol–water partition coefficient (Wildman–Crippen LogP) is 2.08. The Balaban J connectivity index is 0.00000200. The average Bonchev–Trinajstić information content (AvgIpc) is 2.46. The van der Waals surface area contributed by atoms with Crippen LogP contribution in [-0.4, -0.2) is 28.3 Å². The molecule has 0 radical (unpaired) electrons. The van der Waals surface area contributed by atoms with Crippen molar-refractivity contribution in [3.8, 4) is 5.75 Å². The number of aromatic hydroxyl groups is 1. The van der Waals surface area contributed by atoms with E-state index in [1.807, 2.05) is 0 Å². The molecule has 1 aromatic heterocycles. The Bertz CT molecular complexity index is 586. The van der Waals surface area contributed by atoms with Crippen LogP contribution in [0.2, 0.25) is 0 Å². The minimum Gasteiger partial charge on any atom is -0.506 e. The highest BCUT2D eigenvalue weighted by Gasteiger charge is 2.15. The van der Waals surface area contributed by atoms with Crippen LogP contribution < -0.4 is 0 Å². The number of aliphatic hydroxyl groups is 1. The topological polar surface area (TPSA) is 79.7 Å². The number of rotatable bonds is 3. The number of hydrogen-bond acceptors (Lipinski definition) is 5. The van der Waals surface area contributed by atoms with Crippen LogP contribution >= 0.6 is 12.4 Å². The van der Waals surface area contributed by atoms with E-state index in [0.29, 0.717) is 16.7 Å². The third kappa shape index (κ3) is 3.26. The second-order valence-corrected chi connectivity index (χ2v) is 3.95. The maximum Gasteiger partial charge on any atom is 0.337 e. The predicted molar refractivity (Wildman–Crippen MR) is 75.0 cm³/mol. The standard InChI is InChI=1S/C14H13NO4.ClH/c1-19-14(18)10-4-2-9(3-5-10)13(17)11-6-7-15-8-12(11)16;/h2-8,13,16-17H,1H3;1H. The summed E-state index contributed by atoms with van der Waals surface area (Å²) in [6.07, 6.45) is 1.78. The number of pyridine rings is 1. The van der Waals surface area contributed by atoms with Gasteiger partial charge in [0, 0.05) is 11.8 Å². The van der Waals surface area contributed by atoms with Gasteiger partial charge >= 0.3 is 5.97 Å². The molecule has 0 aliphatic heterocycles. The number of esters is 1.